The van der Waals surface area contributed by atoms with Crippen LogP contribution in [0.5, 0.6) is 0 Å². The number of hydrogen-bond donors (Lipinski definition) is 2. The first kappa shape index (κ1) is 13.8. The summed E-state index contributed by atoms with van der Waals surface area (Å²) in [5.41, 5.74) is 4.92. The average Bonchev–Trinajstić information content (AvgIpc) is 2.32. The third kappa shape index (κ3) is 3.22. The molecular weight excluding hydrogens is 250 g/mol. The van der Waals surface area contributed by atoms with Crippen LogP contribution in [0.4, 0.5) is 14.5 Å². The molecule has 19 heavy (non-hydrogen) atoms. The Morgan fingerprint density at radius 2 is 2.05 bits per heavy atom. The van der Waals surface area contributed by atoms with E-state index in [1.807, 2.05) is 0 Å². The maximum Gasteiger partial charge on any atom is 0.251 e. The summed E-state index contributed by atoms with van der Waals surface area (Å²) < 4.78 is 27.0. The zero-order valence-corrected chi connectivity index (χ0v) is 10.9. The smallest absolute Gasteiger partial charge is 0.251 e. The first-order valence-corrected chi connectivity index (χ1v) is 6.52. The van der Waals surface area contributed by atoms with E-state index in [0.29, 0.717) is 12.0 Å². The van der Waals surface area contributed by atoms with Gasteiger partial charge in [-0.2, -0.15) is 0 Å². The molecule has 0 aromatic heterocycles. The second-order valence-corrected chi connectivity index (χ2v) is 5.29. The second kappa shape index (κ2) is 5.55. The van der Waals surface area contributed by atoms with Crippen molar-refractivity contribution in [3.63, 3.8) is 0 Å². The molecule has 1 amide bonds. The van der Waals surface area contributed by atoms with Crippen molar-refractivity contribution in [2.45, 2.75) is 38.6 Å². The minimum Gasteiger partial charge on any atom is -0.380 e. The predicted octanol–water partition coefficient (Wildman–Crippen LogP) is 3.05. The Morgan fingerprint density at radius 1 is 1.32 bits per heavy atom. The van der Waals surface area contributed by atoms with Crippen molar-refractivity contribution in [2.75, 3.05) is 5.32 Å². The molecule has 1 saturated carbocycles. The number of amides is 1. The zero-order valence-electron chi connectivity index (χ0n) is 10.9. The van der Waals surface area contributed by atoms with E-state index in [1.54, 1.807) is 0 Å². The normalized spacial score (nSPS) is 23.1. The Balaban J connectivity index is 2.19. The van der Waals surface area contributed by atoms with Gasteiger partial charge >= 0.3 is 0 Å². The number of carbonyl (C=O) groups excluding carboxylic acids is 1. The lowest BCUT2D eigenvalue weighted by Crippen LogP contribution is -2.27. The third-order valence-electron chi connectivity index (χ3n) is 3.62. The summed E-state index contributed by atoms with van der Waals surface area (Å²) in [6.07, 6.45) is 4.16. The van der Waals surface area contributed by atoms with Crippen LogP contribution in [-0.2, 0) is 0 Å². The van der Waals surface area contributed by atoms with Crippen LogP contribution >= 0.6 is 0 Å². The van der Waals surface area contributed by atoms with Crippen LogP contribution in [0.3, 0.4) is 0 Å². The number of nitrogens with one attached hydrogen (secondary N) is 1. The average molecular weight is 268 g/mol. The molecule has 0 aliphatic heterocycles. The Hall–Kier alpha value is -1.65. The van der Waals surface area contributed by atoms with Crippen molar-refractivity contribution in [1.29, 1.82) is 0 Å². The van der Waals surface area contributed by atoms with Gasteiger partial charge in [-0.15, -0.1) is 0 Å². The Bertz CT molecular complexity index is 491. The Labute approximate surface area is 111 Å². The lowest BCUT2D eigenvalue weighted by atomic mass is 9.87. The van der Waals surface area contributed by atoms with E-state index >= 15 is 0 Å². The minimum atomic E-state index is -0.924. The highest BCUT2D eigenvalue weighted by molar-refractivity contribution is 5.94. The molecule has 1 aromatic carbocycles. The van der Waals surface area contributed by atoms with Crippen molar-refractivity contribution in [1.82, 2.24) is 0 Å². The van der Waals surface area contributed by atoms with E-state index in [4.69, 9.17) is 5.73 Å². The molecule has 1 aliphatic rings. The minimum absolute atomic E-state index is 0.148. The van der Waals surface area contributed by atoms with E-state index in [-0.39, 0.29) is 17.3 Å². The molecular formula is C14H18F2N2O. The lowest BCUT2D eigenvalue weighted by molar-refractivity contribution is 0.0996. The Kier molecular flexibility index (Phi) is 4.02. The summed E-state index contributed by atoms with van der Waals surface area (Å²) >= 11 is 0. The molecule has 1 fully saturated rings. The molecule has 104 valence electrons. The van der Waals surface area contributed by atoms with Crippen molar-refractivity contribution >= 4 is 11.6 Å². The number of primary amides is 1. The first-order valence-electron chi connectivity index (χ1n) is 6.52. The monoisotopic (exact) mass is 268 g/mol. The summed E-state index contributed by atoms with van der Waals surface area (Å²) in [4.78, 5) is 11.1. The molecule has 2 rings (SSSR count). The van der Waals surface area contributed by atoms with Gasteiger partial charge in [0.1, 0.15) is 11.6 Å². The maximum atomic E-state index is 13.7. The van der Waals surface area contributed by atoms with Gasteiger partial charge in [-0.05, 0) is 24.8 Å². The molecule has 3 nitrogen and oxygen atoms in total. The van der Waals surface area contributed by atoms with Gasteiger partial charge in [-0.3, -0.25) is 4.79 Å². The van der Waals surface area contributed by atoms with E-state index in [1.165, 1.54) is 6.42 Å². The van der Waals surface area contributed by atoms with E-state index in [9.17, 15) is 13.6 Å². The number of carbonyl (C=O) groups is 1. The molecule has 3 N–H and O–H groups in total. The summed E-state index contributed by atoms with van der Waals surface area (Å²) in [6, 6.07) is 2.02. The second-order valence-electron chi connectivity index (χ2n) is 5.29. The molecule has 1 aromatic rings. The molecule has 0 saturated heterocycles. The van der Waals surface area contributed by atoms with Gasteiger partial charge in [-0.1, -0.05) is 19.8 Å². The molecule has 0 spiro atoms. The van der Waals surface area contributed by atoms with Crippen molar-refractivity contribution in [3.05, 3.63) is 29.3 Å². The fourth-order valence-corrected chi connectivity index (χ4v) is 2.63. The third-order valence-corrected chi connectivity index (χ3v) is 3.62. The summed E-state index contributed by atoms with van der Waals surface area (Å²) in [7, 11) is 0. The summed E-state index contributed by atoms with van der Waals surface area (Å²) in [5.74, 6) is -1.92. The van der Waals surface area contributed by atoms with Crippen molar-refractivity contribution in [3.8, 4) is 0 Å². The number of nitrogens with two attached hydrogens (primary N) is 1. The highest BCUT2D eigenvalue weighted by atomic mass is 19.1. The van der Waals surface area contributed by atoms with E-state index in [2.05, 4.69) is 12.2 Å². The van der Waals surface area contributed by atoms with Crippen LogP contribution in [0.2, 0.25) is 0 Å². The quantitative estimate of drug-likeness (QED) is 0.885. The number of benzene rings is 1. The summed E-state index contributed by atoms with van der Waals surface area (Å²) in [5, 5.41) is 3.05. The van der Waals surface area contributed by atoms with Crippen LogP contribution in [0.1, 0.15) is 43.0 Å². The first-order chi connectivity index (χ1) is 8.97. The number of rotatable bonds is 3. The van der Waals surface area contributed by atoms with E-state index < -0.39 is 17.5 Å². The fourth-order valence-electron chi connectivity index (χ4n) is 2.63. The lowest BCUT2D eigenvalue weighted by Gasteiger charge is -2.28. The topological polar surface area (TPSA) is 55.1 Å². The van der Waals surface area contributed by atoms with Gasteiger partial charge in [0.15, 0.2) is 0 Å². The van der Waals surface area contributed by atoms with Crippen molar-refractivity contribution in [2.24, 2.45) is 11.7 Å². The molecule has 0 bridgehead atoms. The maximum absolute atomic E-state index is 13.7. The molecule has 2 atom stereocenters. The van der Waals surface area contributed by atoms with Gasteiger partial charge in [0.25, 0.3) is 5.91 Å². The molecule has 1 aliphatic carbocycles. The highest BCUT2D eigenvalue weighted by Crippen LogP contribution is 2.28. The largest absolute Gasteiger partial charge is 0.380 e. The zero-order chi connectivity index (χ0) is 14.0. The molecule has 5 heteroatoms. The Morgan fingerprint density at radius 3 is 2.68 bits per heavy atom. The molecule has 2 unspecified atom stereocenters. The van der Waals surface area contributed by atoms with Crippen LogP contribution in [0, 0.1) is 17.6 Å². The molecule has 0 radical (unpaired) electrons. The van der Waals surface area contributed by atoms with Crippen LogP contribution in [-0.4, -0.2) is 11.9 Å². The van der Waals surface area contributed by atoms with Crippen LogP contribution < -0.4 is 11.1 Å². The highest BCUT2D eigenvalue weighted by Gasteiger charge is 2.21. The number of hydrogen-bond acceptors (Lipinski definition) is 2. The number of anilines is 1. The van der Waals surface area contributed by atoms with Crippen LogP contribution in [0.15, 0.2) is 12.1 Å². The van der Waals surface area contributed by atoms with Gasteiger partial charge in [0, 0.05) is 12.1 Å². The van der Waals surface area contributed by atoms with Gasteiger partial charge in [-0.25, -0.2) is 8.78 Å². The fraction of sp³-hybridized carbons (Fsp3) is 0.500. The van der Waals surface area contributed by atoms with Crippen molar-refractivity contribution < 1.29 is 13.6 Å². The van der Waals surface area contributed by atoms with Gasteiger partial charge in [0.2, 0.25) is 0 Å². The van der Waals surface area contributed by atoms with Gasteiger partial charge in [0.05, 0.1) is 11.3 Å². The van der Waals surface area contributed by atoms with E-state index in [0.717, 1.165) is 25.3 Å². The van der Waals surface area contributed by atoms with Gasteiger partial charge < -0.3 is 11.1 Å². The SMILES string of the molecule is CC1CCCC(Nc2cc(C(N)=O)c(F)cc2F)C1. The number of halogens is 2. The summed E-state index contributed by atoms with van der Waals surface area (Å²) in [6.45, 7) is 2.16. The molecule has 0 heterocycles. The standard InChI is InChI=1S/C14H18F2N2O/c1-8-3-2-4-9(5-8)18-13-6-10(14(17)19)11(15)7-12(13)16/h6-9,18H,2-5H2,1H3,(H2,17,19). The predicted molar refractivity (Wildman–Crippen MR) is 69.9 cm³/mol. The van der Waals surface area contributed by atoms with Crippen LogP contribution in [0.25, 0.3) is 0 Å².